The molecule has 0 aliphatic rings. The molecule has 0 spiro atoms. The van der Waals surface area contributed by atoms with Crippen LogP contribution in [0.2, 0.25) is 0 Å². The van der Waals surface area contributed by atoms with Gasteiger partial charge in [0.05, 0.1) is 0 Å². The summed E-state index contributed by atoms with van der Waals surface area (Å²) in [6, 6.07) is 0. The molecule has 0 aromatic rings. The van der Waals surface area contributed by atoms with Crippen molar-refractivity contribution in [2.75, 3.05) is 0 Å². The van der Waals surface area contributed by atoms with Crippen LogP contribution >= 0.6 is 0 Å². The van der Waals surface area contributed by atoms with Gasteiger partial charge in [0.1, 0.15) is 0 Å². The molecule has 0 bridgehead atoms. The van der Waals surface area contributed by atoms with E-state index in [1.54, 1.807) is 0 Å². The summed E-state index contributed by atoms with van der Waals surface area (Å²) in [5.74, 6) is 0. The van der Waals surface area contributed by atoms with Crippen LogP contribution in [0.1, 0.15) is 0 Å². The van der Waals surface area contributed by atoms with Gasteiger partial charge in [-0.15, -0.1) is 0 Å². The zero-order chi connectivity index (χ0) is 0. The van der Waals surface area contributed by atoms with Crippen molar-refractivity contribution in [2.45, 2.75) is 0 Å². The molecule has 0 nitrogen and oxygen atoms in total. The summed E-state index contributed by atoms with van der Waals surface area (Å²) in [4.78, 5) is 0. The van der Waals surface area contributed by atoms with Gasteiger partial charge in [-0.1, -0.05) is 0 Å². The molecule has 0 aliphatic heterocycles. The molecule has 0 N–H and O–H groups in total. The maximum Gasteiger partial charge on any atom is 0 e. The third kappa shape index (κ3) is -0.00937. The molecule has 0 unspecified atom stereocenters. The number of hydrogen-bond acceptors (Lipinski definition) is 0. The zero-order valence-corrected chi connectivity index (χ0v) is 220. The fourth-order valence-electron chi connectivity index (χ4n) is 0. The molecule has 31 heteroatoms. The molecular weight excluding hydrogens is 8280 g/mol. The van der Waals surface area contributed by atoms with E-state index in [4.69, 9.17) is 0 Å². The molecule has 0 radical (unpaired) electrons. The molecule has 0 heterocycles. The number of hydrogen-bond donors (Lipinski definition) is 0. The molecule has 0 amide bonds. The molecule has 31 heavy (non-hydrogen) atoms. The summed E-state index contributed by atoms with van der Waals surface area (Å²) >= 11 is 0. The Hall–Kier alpha value is -31.0. The van der Waals surface area contributed by atoms with E-state index < -0.39 is 0 Å². The van der Waals surface area contributed by atoms with Gasteiger partial charge in [-0.25, -0.2) is 0 Å². The Labute approximate surface area is 0 Å². The van der Waals surface area contributed by atoms with Crippen LogP contribution in [0.3, 0.4) is 0 Å². The minimum atomic E-state index is 0. The summed E-state index contributed by atoms with van der Waals surface area (Å²) in [5.41, 5.74) is 0. The van der Waals surface area contributed by atoms with Gasteiger partial charge in [0.15, 0.2) is 0 Å². The van der Waals surface area contributed by atoms with Crippen molar-refractivity contribution >= 4 is 0 Å². The fourth-order valence-corrected chi connectivity index (χ4v) is 0. The van der Waals surface area contributed by atoms with Crippen molar-refractivity contribution < 1.29 is 0 Å². The van der Waals surface area contributed by atoms with Crippen molar-refractivity contribution in [1.29, 1.82) is 0 Å². The Morgan fingerprint density at radius 3 is 0.0323 bits per heavy atom. The topological polar surface area (TPSA) is 0 Å². The predicted octanol–water partition coefficient (Wildman–Crippen LogP) is 0. The molecule has 0 saturated heterocycles. The maximum atomic E-state index is 0. The summed E-state index contributed by atoms with van der Waals surface area (Å²) in [7, 11) is 0. The van der Waals surface area contributed by atoms with E-state index in [1.165, 1.54) is 0 Å². The van der Waals surface area contributed by atoms with Crippen LogP contribution < -0.4 is 0 Å². The van der Waals surface area contributed by atoms with Gasteiger partial charge in [-0.3, -0.25) is 0 Å². The summed E-state index contributed by atoms with van der Waals surface area (Å²) in [6.45, 7) is 0. The van der Waals surface area contributed by atoms with Crippen LogP contribution in [0, 0.1) is 0 Å². The van der Waals surface area contributed by atoms with Gasteiger partial charge >= 0.3 is 0 Å². The van der Waals surface area contributed by atoms with Crippen LogP contribution in [-0.4, -0.2) is 0 Å². The second kappa shape index (κ2) is -0.00416. The minimum Gasteiger partial charge on any atom is 0 e. The Kier molecular flexibility index (Phi) is 0. The molecule has 0 aromatic carbocycles. The van der Waals surface area contributed by atoms with Crippen molar-refractivity contribution in [1.82, 2.24) is 0 Å². The van der Waals surface area contributed by atoms with Crippen molar-refractivity contribution in [3.63, 3.8) is 0 Å². The van der Waals surface area contributed by atoms with Gasteiger partial charge in [0.25, 0.3) is 0 Å². The second-order valence-electron chi connectivity index (χ2n) is 0. The monoisotopic (exact) mass is 8280 g/mol. The standard InChI is InChI=1S/31Rf. The van der Waals surface area contributed by atoms with Crippen LogP contribution in [-0.2, 0) is 0 Å². The van der Waals surface area contributed by atoms with Gasteiger partial charge in [-0.05, 0) is 0 Å². The summed E-state index contributed by atoms with van der Waals surface area (Å²) in [5, 5.41) is 0. The van der Waals surface area contributed by atoms with Gasteiger partial charge < -0.3 is 0 Å². The van der Waals surface area contributed by atoms with E-state index >= 15 is 0 Å². The Balaban J connectivity index is 0. The average molecular weight is 8280 g/mol. The van der Waals surface area contributed by atoms with E-state index in [9.17, 15) is 0 Å². The first-order valence-corrected chi connectivity index (χ1v) is 0. The molecule has 0 saturated carbocycles. The van der Waals surface area contributed by atoms with Crippen molar-refractivity contribution in [3.8, 4) is 0 Å². The minimum absolute atomic E-state index is 0. The van der Waals surface area contributed by atoms with Crippen molar-refractivity contribution in [2.24, 2.45) is 0 Å². The van der Waals surface area contributed by atoms with Crippen LogP contribution in [0.4, 0.5) is 0 Å². The Bertz CT molecular complexity index is 0. The van der Waals surface area contributed by atoms with E-state index in [0.29, 0.717) is 0 Å². The average Bonchev–Trinajstić information content (AvgIpc) is 0. The number of rotatable bonds is 0. The third-order valence-electron chi connectivity index (χ3n) is 0. The fraction of sp³-hybridized carbons (Fsp3) is 0. The molecule has 62 valence electrons. The molecule has 0 atom stereocenters. The molecular formula is Rf31. The second-order valence-corrected chi connectivity index (χ2v) is 0. The van der Waals surface area contributed by atoms with Gasteiger partial charge in [-0.2, -0.15) is 0 Å². The molecule has 0 aromatic heterocycles. The molecule has 0 fully saturated rings. The van der Waals surface area contributed by atoms with Gasteiger partial charge in [0.2, 0.25) is 0 Å². The van der Waals surface area contributed by atoms with Crippen LogP contribution in [0.25, 0.3) is 0 Å². The van der Waals surface area contributed by atoms with E-state index in [0.717, 1.165) is 0 Å². The van der Waals surface area contributed by atoms with Crippen LogP contribution in [0.15, 0.2) is 0 Å². The summed E-state index contributed by atoms with van der Waals surface area (Å²) in [6.07, 6.45) is 0. The molecule has 0 rings (SSSR count). The third-order valence-corrected chi connectivity index (χ3v) is 0. The largest absolute Gasteiger partial charge is 0 e. The summed E-state index contributed by atoms with van der Waals surface area (Å²) < 4.78 is 0. The Morgan fingerprint density at radius 1 is 0.0323 bits per heavy atom. The van der Waals surface area contributed by atoms with Gasteiger partial charge in [0, 0.05) is 0 Å². The van der Waals surface area contributed by atoms with E-state index in [-0.39, 0.29) is 0 Å². The predicted molar refractivity (Wildman–Crippen MR) is 0 cm³/mol. The van der Waals surface area contributed by atoms with E-state index in [1.807, 2.05) is 0 Å². The maximum absolute atomic E-state index is 0. The Morgan fingerprint density at radius 2 is 0.0323 bits per heavy atom. The van der Waals surface area contributed by atoms with Crippen LogP contribution in [0.5, 0.6) is 0 Å². The first kappa shape index (κ1) is 0. The first-order valence-electron chi connectivity index (χ1n) is 0. The van der Waals surface area contributed by atoms with E-state index in [2.05, 4.69) is 0 Å². The first-order chi connectivity index (χ1) is 0. The smallest absolute Gasteiger partial charge is 0 e. The zero-order valence-electron chi connectivity index (χ0n) is 21.9. The molecule has 0 aliphatic carbocycles. The quantitative estimate of drug-likeness (QED) is 0.321. The van der Waals surface area contributed by atoms with Crippen molar-refractivity contribution in [3.05, 3.63) is 0 Å². The normalized spacial score (nSPS) is 0. The SMILES string of the molecule is [Rf].[Rf].[Rf].[Rf].[Rf].[Rf].[Rf].[Rf].[Rf].[Rf].[Rf].[Rf].[Rf].[Rf].[Rf].[Rf].[Rf].[Rf].[Rf].[Rf].[Rf].[Rf].[Rf].[Rf].[Rf].[Rf].[Rf].[Rf].[Rf].[Rf].[Rf].